The first kappa shape index (κ1) is 11.8. The Morgan fingerprint density at radius 2 is 1.94 bits per heavy atom. The number of benzene rings is 1. The summed E-state index contributed by atoms with van der Waals surface area (Å²) in [5, 5.41) is 0. The Kier molecular flexibility index (Phi) is 2.52. The van der Waals surface area contributed by atoms with E-state index >= 15 is 0 Å². The molecule has 0 bridgehead atoms. The molecule has 1 heterocycles. The molecule has 0 aliphatic rings. The van der Waals surface area contributed by atoms with Crippen LogP contribution < -0.4 is 5.73 Å². The molecular weight excluding hydrogens is 233 g/mol. The molecule has 0 aliphatic carbocycles. The molecule has 6 heteroatoms. The topological polar surface area (TPSA) is 52.0 Å². The molecule has 0 unspecified atom stereocenters. The molecule has 1 aromatic carbocycles. The molecule has 0 saturated carbocycles. The van der Waals surface area contributed by atoms with E-state index in [1.807, 2.05) is 13.8 Å². The largest absolute Gasteiger partial charge is 0.438 e. The number of oxazole rings is 1. The van der Waals surface area contributed by atoms with Gasteiger partial charge in [-0.25, -0.2) is 4.98 Å². The van der Waals surface area contributed by atoms with Crippen molar-refractivity contribution in [2.75, 3.05) is 5.73 Å². The first-order chi connectivity index (χ1) is 7.79. The van der Waals surface area contributed by atoms with E-state index in [-0.39, 0.29) is 22.7 Å². The Morgan fingerprint density at radius 1 is 1.29 bits per heavy atom. The highest BCUT2D eigenvalue weighted by molar-refractivity contribution is 5.86. The average Bonchev–Trinajstić information content (AvgIpc) is 2.60. The van der Waals surface area contributed by atoms with Gasteiger partial charge in [0.25, 0.3) is 0 Å². The summed E-state index contributed by atoms with van der Waals surface area (Å²) in [4.78, 5) is 4.00. The number of fused-ring (bicyclic) bond motifs is 1. The predicted octanol–water partition coefficient (Wildman–Crippen LogP) is 3.55. The summed E-state index contributed by atoms with van der Waals surface area (Å²) in [5.41, 5.74) is 5.02. The first-order valence-corrected chi connectivity index (χ1v) is 5.06. The van der Waals surface area contributed by atoms with Crippen LogP contribution in [0.5, 0.6) is 0 Å². The molecule has 0 radical (unpaired) electrons. The molecule has 2 rings (SSSR count). The van der Waals surface area contributed by atoms with E-state index in [9.17, 15) is 13.2 Å². The van der Waals surface area contributed by atoms with E-state index in [2.05, 4.69) is 4.98 Å². The second-order valence-corrected chi connectivity index (χ2v) is 4.12. The van der Waals surface area contributed by atoms with Gasteiger partial charge in [-0.1, -0.05) is 13.8 Å². The van der Waals surface area contributed by atoms with Crippen LogP contribution in [0.2, 0.25) is 0 Å². The number of nitrogens with two attached hydrogens (primary N) is 1. The van der Waals surface area contributed by atoms with Crippen molar-refractivity contribution in [2.45, 2.75) is 25.9 Å². The molecule has 0 fully saturated rings. The van der Waals surface area contributed by atoms with E-state index < -0.39 is 11.7 Å². The summed E-state index contributed by atoms with van der Waals surface area (Å²) in [6.45, 7) is 3.68. The van der Waals surface area contributed by atoms with Gasteiger partial charge in [0.05, 0.1) is 11.3 Å². The zero-order chi connectivity index (χ0) is 12.8. The molecule has 0 atom stereocenters. The fourth-order valence-corrected chi connectivity index (χ4v) is 1.49. The number of aromatic nitrogens is 1. The lowest BCUT2D eigenvalue weighted by atomic mass is 10.1. The number of rotatable bonds is 1. The third-order valence-electron chi connectivity index (χ3n) is 2.36. The number of nitrogens with zero attached hydrogens (tertiary/aromatic N) is 1. The van der Waals surface area contributed by atoms with Gasteiger partial charge in [0.1, 0.15) is 5.52 Å². The highest BCUT2D eigenvalue weighted by Crippen LogP contribution is 2.35. The summed E-state index contributed by atoms with van der Waals surface area (Å²) in [5.74, 6) is 0.377. The second kappa shape index (κ2) is 3.65. The van der Waals surface area contributed by atoms with Crippen molar-refractivity contribution in [3.63, 3.8) is 0 Å². The van der Waals surface area contributed by atoms with Crippen molar-refractivity contribution >= 4 is 16.8 Å². The van der Waals surface area contributed by atoms with Crippen LogP contribution in [0.4, 0.5) is 18.9 Å². The van der Waals surface area contributed by atoms with Gasteiger partial charge in [-0.2, -0.15) is 13.2 Å². The standard InChI is InChI=1S/C11H11F3N2O/c1-5(2)10-16-8-4-6(11(12,13)14)3-7(15)9(8)17-10/h3-5H,15H2,1-2H3. The van der Waals surface area contributed by atoms with Gasteiger partial charge in [-0.05, 0) is 12.1 Å². The zero-order valence-corrected chi connectivity index (χ0v) is 9.30. The fraction of sp³-hybridized carbons (Fsp3) is 0.364. The van der Waals surface area contributed by atoms with Crippen molar-refractivity contribution < 1.29 is 17.6 Å². The molecule has 2 aromatic rings. The lowest BCUT2D eigenvalue weighted by Gasteiger charge is -2.06. The van der Waals surface area contributed by atoms with E-state index in [0.717, 1.165) is 12.1 Å². The number of alkyl halides is 3. The number of anilines is 1. The number of hydrogen-bond acceptors (Lipinski definition) is 3. The van der Waals surface area contributed by atoms with Crippen molar-refractivity contribution in [3.8, 4) is 0 Å². The molecule has 0 amide bonds. The number of hydrogen-bond donors (Lipinski definition) is 1. The summed E-state index contributed by atoms with van der Waals surface area (Å²) >= 11 is 0. The summed E-state index contributed by atoms with van der Waals surface area (Å²) < 4.78 is 43.0. The van der Waals surface area contributed by atoms with Crippen LogP contribution in [0.3, 0.4) is 0 Å². The molecule has 17 heavy (non-hydrogen) atoms. The molecule has 92 valence electrons. The average molecular weight is 244 g/mol. The Bertz CT molecular complexity index is 558. The molecule has 0 spiro atoms. The van der Waals surface area contributed by atoms with E-state index in [1.165, 1.54) is 0 Å². The van der Waals surface area contributed by atoms with Crippen LogP contribution in [-0.4, -0.2) is 4.98 Å². The minimum atomic E-state index is -4.43. The van der Waals surface area contributed by atoms with Gasteiger partial charge >= 0.3 is 6.18 Å². The minimum Gasteiger partial charge on any atom is -0.438 e. The van der Waals surface area contributed by atoms with E-state index in [0.29, 0.717) is 5.89 Å². The highest BCUT2D eigenvalue weighted by Gasteiger charge is 2.32. The van der Waals surface area contributed by atoms with Crippen LogP contribution in [0.25, 0.3) is 11.1 Å². The van der Waals surface area contributed by atoms with Gasteiger partial charge in [-0.15, -0.1) is 0 Å². The van der Waals surface area contributed by atoms with Gasteiger partial charge in [0.2, 0.25) is 0 Å². The predicted molar refractivity (Wildman–Crippen MR) is 57.5 cm³/mol. The molecule has 3 nitrogen and oxygen atoms in total. The summed E-state index contributed by atoms with van der Waals surface area (Å²) in [7, 11) is 0. The fourth-order valence-electron chi connectivity index (χ4n) is 1.49. The van der Waals surface area contributed by atoms with Crippen molar-refractivity contribution in [1.29, 1.82) is 0 Å². The quantitative estimate of drug-likeness (QED) is 0.780. The monoisotopic (exact) mass is 244 g/mol. The highest BCUT2D eigenvalue weighted by atomic mass is 19.4. The second-order valence-electron chi connectivity index (χ2n) is 4.12. The van der Waals surface area contributed by atoms with Crippen LogP contribution in [0.15, 0.2) is 16.5 Å². The Hall–Kier alpha value is -1.72. The van der Waals surface area contributed by atoms with Crippen molar-refractivity contribution in [1.82, 2.24) is 4.98 Å². The molecule has 0 aliphatic heterocycles. The molecule has 0 saturated heterocycles. The van der Waals surface area contributed by atoms with Crippen molar-refractivity contribution in [2.24, 2.45) is 0 Å². The molecular formula is C11H11F3N2O. The lowest BCUT2D eigenvalue weighted by molar-refractivity contribution is -0.137. The smallest absolute Gasteiger partial charge is 0.416 e. The van der Waals surface area contributed by atoms with Crippen LogP contribution >= 0.6 is 0 Å². The third-order valence-corrected chi connectivity index (χ3v) is 2.36. The first-order valence-electron chi connectivity index (χ1n) is 5.06. The van der Waals surface area contributed by atoms with E-state index in [1.54, 1.807) is 0 Å². The number of nitrogen functional groups attached to an aromatic ring is 1. The SMILES string of the molecule is CC(C)c1nc2cc(C(F)(F)F)cc(N)c2o1. The maximum Gasteiger partial charge on any atom is 0.416 e. The Labute approximate surface area is 95.4 Å². The Balaban J connectivity index is 2.65. The maximum absolute atomic E-state index is 12.5. The lowest BCUT2D eigenvalue weighted by Crippen LogP contribution is -2.05. The molecule has 1 aromatic heterocycles. The maximum atomic E-state index is 12.5. The summed E-state index contributed by atoms with van der Waals surface area (Å²) in [6.07, 6.45) is -4.43. The van der Waals surface area contributed by atoms with Crippen LogP contribution in [0.1, 0.15) is 31.2 Å². The molecule has 2 N–H and O–H groups in total. The van der Waals surface area contributed by atoms with Gasteiger partial charge in [-0.3, -0.25) is 0 Å². The normalized spacial score (nSPS) is 12.6. The van der Waals surface area contributed by atoms with Crippen molar-refractivity contribution in [3.05, 3.63) is 23.6 Å². The van der Waals surface area contributed by atoms with Gasteiger partial charge in [0, 0.05) is 5.92 Å². The van der Waals surface area contributed by atoms with Crippen LogP contribution in [-0.2, 0) is 6.18 Å². The minimum absolute atomic E-state index is 0.00358. The Morgan fingerprint density at radius 3 is 2.47 bits per heavy atom. The zero-order valence-electron chi connectivity index (χ0n) is 9.30. The van der Waals surface area contributed by atoms with E-state index in [4.69, 9.17) is 10.2 Å². The third kappa shape index (κ3) is 2.07. The van der Waals surface area contributed by atoms with Crippen LogP contribution in [0, 0.1) is 0 Å². The van der Waals surface area contributed by atoms with Gasteiger partial charge < -0.3 is 10.2 Å². The summed E-state index contributed by atoms with van der Waals surface area (Å²) in [6, 6.07) is 1.80. The number of halogens is 3. The van der Waals surface area contributed by atoms with Gasteiger partial charge in [0.15, 0.2) is 11.5 Å².